The summed E-state index contributed by atoms with van der Waals surface area (Å²) in [5, 5.41) is 13.3. The van der Waals surface area contributed by atoms with Gasteiger partial charge in [0, 0.05) is 24.3 Å². The Labute approximate surface area is 87.9 Å². The lowest BCUT2D eigenvalue weighted by Gasteiger charge is -2.41. The summed E-state index contributed by atoms with van der Waals surface area (Å²) in [6.07, 6.45) is 4.47. The van der Waals surface area contributed by atoms with Crippen LogP contribution in [0, 0.1) is 0 Å². The van der Waals surface area contributed by atoms with E-state index in [0.717, 1.165) is 12.1 Å². The van der Waals surface area contributed by atoms with Crippen molar-refractivity contribution in [2.75, 3.05) is 0 Å². The molecule has 1 heterocycles. The summed E-state index contributed by atoms with van der Waals surface area (Å²) >= 11 is 0. The summed E-state index contributed by atoms with van der Waals surface area (Å²) in [7, 11) is 0. The Hall–Kier alpha value is -1.36. The average Bonchev–Trinajstić information content (AvgIpc) is 2.60. The predicted molar refractivity (Wildman–Crippen MR) is 54.4 cm³/mol. The van der Waals surface area contributed by atoms with Gasteiger partial charge in [0.2, 0.25) is 0 Å². The van der Waals surface area contributed by atoms with Crippen molar-refractivity contribution in [3.63, 3.8) is 0 Å². The second kappa shape index (κ2) is 3.34. The van der Waals surface area contributed by atoms with Crippen LogP contribution in [-0.2, 0) is 16.8 Å². The zero-order chi connectivity index (χ0) is 11.1. The molecular weight excluding hydrogens is 194 g/mol. The van der Waals surface area contributed by atoms with Gasteiger partial charge in [-0.2, -0.15) is 5.10 Å². The number of aryl methyl sites for hydroxylation is 1. The van der Waals surface area contributed by atoms with Gasteiger partial charge in [-0.05, 0) is 19.8 Å². The summed E-state index contributed by atoms with van der Waals surface area (Å²) in [6, 6.07) is 0.00563. The Balaban J connectivity index is 2.30. The topological polar surface area (TPSA) is 81.1 Å². The molecule has 0 aliphatic heterocycles. The van der Waals surface area contributed by atoms with Crippen molar-refractivity contribution in [1.29, 1.82) is 0 Å². The Kier molecular flexibility index (Phi) is 2.26. The predicted octanol–water partition coefficient (Wildman–Crippen LogP) is 0.347. The number of hydrogen-bond acceptors (Lipinski definition) is 3. The van der Waals surface area contributed by atoms with Crippen LogP contribution in [0.4, 0.5) is 0 Å². The van der Waals surface area contributed by atoms with Crippen LogP contribution in [0.3, 0.4) is 0 Å². The molecule has 1 aromatic heterocycles. The van der Waals surface area contributed by atoms with Crippen LogP contribution < -0.4 is 5.73 Å². The summed E-state index contributed by atoms with van der Waals surface area (Å²) < 4.78 is 1.74. The molecule has 0 amide bonds. The molecule has 0 aromatic carbocycles. The lowest BCUT2D eigenvalue weighted by Crippen LogP contribution is -2.54. The molecule has 1 fully saturated rings. The SMILES string of the molecule is CCn1cc(C2(C(=O)O)CC(N)C2)cn1. The summed E-state index contributed by atoms with van der Waals surface area (Å²) in [5.41, 5.74) is 5.67. The number of aliphatic carboxylic acids is 1. The molecule has 0 unspecified atom stereocenters. The van der Waals surface area contributed by atoms with Crippen molar-refractivity contribution in [1.82, 2.24) is 9.78 Å². The fraction of sp³-hybridized carbons (Fsp3) is 0.600. The Morgan fingerprint density at radius 2 is 2.47 bits per heavy atom. The van der Waals surface area contributed by atoms with Gasteiger partial charge >= 0.3 is 5.97 Å². The zero-order valence-electron chi connectivity index (χ0n) is 8.68. The maximum atomic E-state index is 11.3. The highest BCUT2D eigenvalue weighted by molar-refractivity contribution is 5.82. The van der Waals surface area contributed by atoms with Gasteiger partial charge in [-0.3, -0.25) is 9.48 Å². The highest BCUT2D eigenvalue weighted by Gasteiger charge is 2.51. The van der Waals surface area contributed by atoms with Crippen LogP contribution in [0.1, 0.15) is 25.3 Å². The third kappa shape index (κ3) is 1.43. The molecule has 3 N–H and O–H groups in total. The van der Waals surface area contributed by atoms with Crippen LogP contribution in [0.25, 0.3) is 0 Å². The van der Waals surface area contributed by atoms with Crippen LogP contribution in [0.2, 0.25) is 0 Å². The zero-order valence-corrected chi connectivity index (χ0v) is 8.68. The number of carboxylic acid groups (broad SMARTS) is 1. The van der Waals surface area contributed by atoms with E-state index in [2.05, 4.69) is 5.10 Å². The van der Waals surface area contributed by atoms with Crippen LogP contribution in [-0.4, -0.2) is 26.9 Å². The summed E-state index contributed by atoms with van der Waals surface area (Å²) in [4.78, 5) is 11.3. The summed E-state index contributed by atoms with van der Waals surface area (Å²) in [5.74, 6) is -0.792. The minimum absolute atomic E-state index is 0.00563. The molecule has 15 heavy (non-hydrogen) atoms. The molecular formula is C10H15N3O2. The van der Waals surface area contributed by atoms with Crippen molar-refractivity contribution in [2.24, 2.45) is 5.73 Å². The highest BCUT2D eigenvalue weighted by atomic mass is 16.4. The van der Waals surface area contributed by atoms with E-state index in [0.29, 0.717) is 12.8 Å². The molecule has 5 nitrogen and oxygen atoms in total. The minimum atomic E-state index is -0.792. The van der Waals surface area contributed by atoms with E-state index in [1.807, 2.05) is 6.92 Å². The monoisotopic (exact) mass is 209 g/mol. The first kappa shape index (κ1) is 10.2. The summed E-state index contributed by atoms with van der Waals surface area (Å²) in [6.45, 7) is 2.72. The second-order valence-corrected chi connectivity index (χ2v) is 4.14. The van der Waals surface area contributed by atoms with Crippen molar-refractivity contribution in [3.8, 4) is 0 Å². The van der Waals surface area contributed by atoms with E-state index in [9.17, 15) is 9.90 Å². The number of nitrogens with two attached hydrogens (primary N) is 1. The van der Waals surface area contributed by atoms with Crippen LogP contribution in [0.15, 0.2) is 12.4 Å². The normalized spacial score (nSPS) is 29.9. The molecule has 1 aromatic rings. The van der Waals surface area contributed by atoms with Crippen LogP contribution >= 0.6 is 0 Å². The third-order valence-electron chi connectivity index (χ3n) is 3.14. The van der Waals surface area contributed by atoms with E-state index in [1.54, 1.807) is 17.1 Å². The fourth-order valence-corrected chi connectivity index (χ4v) is 2.15. The van der Waals surface area contributed by atoms with Gasteiger partial charge in [-0.1, -0.05) is 0 Å². The number of hydrogen-bond donors (Lipinski definition) is 2. The van der Waals surface area contributed by atoms with Gasteiger partial charge in [-0.15, -0.1) is 0 Å². The van der Waals surface area contributed by atoms with Crippen molar-refractivity contribution in [2.45, 2.75) is 37.8 Å². The molecule has 1 aliphatic carbocycles. The number of carbonyl (C=O) groups is 1. The van der Waals surface area contributed by atoms with Gasteiger partial charge < -0.3 is 10.8 Å². The second-order valence-electron chi connectivity index (χ2n) is 4.14. The highest BCUT2D eigenvalue weighted by Crippen LogP contribution is 2.43. The van der Waals surface area contributed by atoms with Gasteiger partial charge in [0.15, 0.2) is 0 Å². The first-order valence-electron chi connectivity index (χ1n) is 5.10. The smallest absolute Gasteiger partial charge is 0.314 e. The van der Waals surface area contributed by atoms with Gasteiger partial charge in [0.25, 0.3) is 0 Å². The van der Waals surface area contributed by atoms with Gasteiger partial charge in [0.1, 0.15) is 0 Å². The maximum absolute atomic E-state index is 11.3. The Morgan fingerprint density at radius 1 is 1.80 bits per heavy atom. The molecule has 0 saturated heterocycles. The van der Waals surface area contributed by atoms with Gasteiger partial charge in [-0.25, -0.2) is 0 Å². The number of nitrogens with zero attached hydrogens (tertiary/aromatic N) is 2. The number of rotatable bonds is 3. The largest absolute Gasteiger partial charge is 0.481 e. The fourth-order valence-electron chi connectivity index (χ4n) is 2.15. The molecule has 82 valence electrons. The molecule has 0 bridgehead atoms. The molecule has 5 heteroatoms. The Morgan fingerprint density at radius 3 is 2.87 bits per heavy atom. The van der Waals surface area contributed by atoms with E-state index >= 15 is 0 Å². The first-order valence-corrected chi connectivity index (χ1v) is 5.10. The first-order chi connectivity index (χ1) is 7.08. The Bertz CT molecular complexity index is 380. The van der Waals surface area contributed by atoms with Crippen LogP contribution in [0.5, 0.6) is 0 Å². The quantitative estimate of drug-likeness (QED) is 0.752. The lowest BCUT2D eigenvalue weighted by molar-refractivity contribution is -0.148. The lowest BCUT2D eigenvalue weighted by atomic mass is 9.62. The van der Waals surface area contributed by atoms with Crippen molar-refractivity contribution in [3.05, 3.63) is 18.0 Å². The van der Waals surface area contributed by atoms with Crippen molar-refractivity contribution >= 4 is 5.97 Å². The third-order valence-corrected chi connectivity index (χ3v) is 3.14. The molecule has 2 rings (SSSR count). The van der Waals surface area contributed by atoms with E-state index < -0.39 is 11.4 Å². The maximum Gasteiger partial charge on any atom is 0.314 e. The molecule has 0 atom stereocenters. The standard InChI is InChI=1S/C10H15N3O2/c1-2-13-6-7(5-12-13)10(9(14)15)3-8(11)4-10/h5-6,8H,2-4,11H2,1H3,(H,14,15). The van der Waals surface area contributed by atoms with E-state index in [4.69, 9.17) is 5.73 Å². The minimum Gasteiger partial charge on any atom is -0.481 e. The molecule has 0 radical (unpaired) electrons. The molecule has 1 saturated carbocycles. The number of aromatic nitrogens is 2. The number of carboxylic acids is 1. The molecule has 1 aliphatic rings. The van der Waals surface area contributed by atoms with Gasteiger partial charge in [0.05, 0.1) is 11.6 Å². The van der Waals surface area contributed by atoms with E-state index in [-0.39, 0.29) is 6.04 Å². The molecule has 0 spiro atoms. The van der Waals surface area contributed by atoms with Crippen molar-refractivity contribution < 1.29 is 9.90 Å². The average molecular weight is 209 g/mol. The van der Waals surface area contributed by atoms with E-state index in [1.165, 1.54) is 0 Å².